The second kappa shape index (κ2) is 5.29. The average Bonchev–Trinajstić information content (AvgIpc) is 2.33. The molecule has 2 aromatic rings. The van der Waals surface area contributed by atoms with E-state index in [0.29, 0.717) is 10.7 Å². The molecule has 0 bridgehead atoms. The number of nitrogens with zero attached hydrogens (tertiary/aromatic N) is 2. The third-order valence-electron chi connectivity index (χ3n) is 1.99. The number of hydrogen-bond donors (Lipinski definition) is 2. The van der Waals surface area contributed by atoms with Gasteiger partial charge in [-0.1, -0.05) is 6.07 Å². The van der Waals surface area contributed by atoms with Gasteiger partial charge in [0.25, 0.3) is 0 Å². The van der Waals surface area contributed by atoms with Crippen molar-refractivity contribution in [2.24, 2.45) is 5.73 Å². The standard InChI is InChI=1S/C11H9BrN4S/c12-8-6-7(10(13)14)2-3-9(8)17-11-15-4-1-5-16-11/h1-6H,(H3,13,14). The third kappa shape index (κ3) is 3.04. The molecule has 1 aromatic carbocycles. The SMILES string of the molecule is N=C(N)c1ccc(Sc2ncccn2)c(Br)c1. The molecule has 17 heavy (non-hydrogen) atoms. The Bertz CT molecular complexity index is 544. The van der Waals surface area contributed by atoms with Gasteiger partial charge in [-0.3, -0.25) is 5.41 Å². The van der Waals surface area contributed by atoms with Crippen LogP contribution in [0, 0.1) is 5.41 Å². The van der Waals surface area contributed by atoms with E-state index in [2.05, 4.69) is 25.9 Å². The zero-order valence-electron chi connectivity index (χ0n) is 8.72. The normalized spacial score (nSPS) is 10.2. The van der Waals surface area contributed by atoms with Crippen LogP contribution in [-0.4, -0.2) is 15.8 Å². The maximum absolute atomic E-state index is 7.35. The number of aromatic nitrogens is 2. The number of benzene rings is 1. The quantitative estimate of drug-likeness (QED) is 0.519. The predicted octanol–water partition coefficient (Wildman–Crippen LogP) is 2.67. The Hall–Kier alpha value is -1.40. The molecule has 86 valence electrons. The Morgan fingerprint density at radius 3 is 2.59 bits per heavy atom. The highest BCUT2D eigenvalue weighted by atomic mass is 79.9. The Balaban J connectivity index is 2.26. The van der Waals surface area contributed by atoms with E-state index >= 15 is 0 Å². The molecular formula is C11H9BrN4S. The molecule has 3 N–H and O–H groups in total. The van der Waals surface area contributed by atoms with Crippen molar-refractivity contribution in [1.29, 1.82) is 5.41 Å². The van der Waals surface area contributed by atoms with Crippen LogP contribution in [0.2, 0.25) is 0 Å². The number of nitrogens with two attached hydrogens (primary N) is 1. The lowest BCUT2D eigenvalue weighted by molar-refractivity contribution is 0.966. The van der Waals surface area contributed by atoms with Crippen LogP contribution in [-0.2, 0) is 0 Å². The number of nitrogen functional groups attached to an aromatic ring is 1. The monoisotopic (exact) mass is 308 g/mol. The van der Waals surface area contributed by atoms with Gasteiger partial charge in [0.2, 0.25) is 0 Å². The first kappa shape index (κ1) is 12.1. The Kier molecular flexibility index (Phi) is 3.75. The molecule has 0 amide bonds. The Morgan fingerprint density at radius 2 is 2.00 bits per heavy atom. The van der Waals surface area contributed by atoms with Gasteiger partial charge >= 0.3 is 0 Å². The largest absolute Gasteiger partial charge is 0.384 e. The molecule has 0 atom stereocenters. The van der Waals surface area contributed by atoms with Gasteiger partial charge in [0.1, 0.15) is 5.84 Å². The van der Waals surface area contributed by atoms with Crippen molar-refractivity contribution in [2.45, 2.75) is 10.1 Å². The first-order valence-electron chi connectivity index (χ1n) is 4.75. The van der Waals surface area contributed by atoms with E-state index in [9.17, 15) is 0 Å². The third-order valence-corrected chi connectivity index (χ3v) is 3.87. The van der Waals surface area contributed by atoms with Crippen molar-refractivity contribution in [1.82, 2.24) is 9.97 Å². The van der Waals surface area contributed by atoms with E-state index in [1.165, 1.54) is 11.8 Å². The minimum atomic E-state index is 0.0539. The predicted molar refractivity (Wildman–Crippen MR) is 71.3 cm³/mol. The summed E-state index contributed by atoms with van der Waals surface area (Å²) < 4.78 is 0.877. The molecule has 0 saturated carbocycles. The van der Waals surface area contributed by atoms with Gasteiger partial charge < -0.3 is 5.73 Å². The van der Waals surface area contributed by atoms with Crippen molar-refractivity contribution < 1.29 is 0 Å². The van der Waals surface area contributed by atoms with E-state index < -0.39 is 0 Å². The van der Waals surface area contributed by atoms with Crippen molar-refractivity contribution in [3.8, 4) is 0 Å². The topological polar surface area (TPSA) is 75.7 Å². The van der Waals surface area contributed by atoms with Crippen LogP contribution in [0.5, 0.6) is 0 Å². The minimum absolute atomic E-state index is 0.0539. The summed E-state index contributed by atoms with van der Waals surface area (Å²) in [5, 5.41) is 8.03. The maximum atomic E-state index is 7.35. The number of rotatable bonds is 3. The van der Waals surface area contributed by atoms with E-state index in [4.69, 9.17) is 11.1 Å². The summed E-state index contributed by atoms with van der Waals surface area (Å²) in [6.07, 6.45) is 3.40. The summed E-state index contributed by atoms with van der Waals surface area (Å²) >= 11 is 4.90. The summed E-state index contributed by atoms with van der Waals surface area (Å²) in [4.78, 5) is 9.26. The number of halogens is 1. The van der Waals surface area contributed by atoms with Crippen LogP contribution < -0.4 is 5.73 Å². The van der Waals surface area contributed by atoms with Crippen molar-refractivity contribution >= 4 is 33.5 Å². The van der Waals surface area contributed by atoms with Crippen LogP contribution in [0.25, 0.3) is 0 Å². The summed E-state index contributed by atoms with van der Waals surface area (Å²) in [5.74, 6) is 0.0539. The highest BCUT2D eigenvalue weighted by Crippen LogP contribution is 2.31. The number of nitrogens with one attached hydrogen (secondary N) is 1. The Morgan fingerprint density at radius 1 is 1.29 bits per heavy atom. The summed E-state index contributed by atoms with van der Waals surface area (Å²) in [6.45, 7) is 0. The number of amidine groups is 1. The molecule has 2 rings (SSSR count). The van der Waals surface area contributed by atoms with Crippen molar-refractivity contribution in [2.75, 3.05) is 0 Å². The highest BCUT2D eigenvalue weighted by Gasteiger charge is 2.06. The zero-order chi connectivity index (χ0) is 12.3. The summed E-state index contributed by atoms with van der Waals surface area (Å²) in [6, 6.07) is 7.28. The van der Waals surface area contributed by atoms with Crippen LogP contribution in [0.3, 0.4) is 0 Å². The fraction of sp³-hybridized carbons (Fsp3) is 0. The van der Waals surface area contributed by atoms with Gasteiger partial charge in [0.05, 0.1) is 0 Å². The van der Waals surface area contributed by atoms with Crippen molar-refractivity contribution in [3.63, 3.8) is 0 Å². The van der Waals surface area contributed by atoms with Crippen molar-refractivity contribution in [3.05, 3.63) is 46.7 Å². The smallest absolute Gasteiger partial charge is 0.192 e. The number of hydrogen-bond acceptors (Lipinski definition) is 4. The molecule has 0 spiro atoms. The molecule has 0 aliphatic carbocycles. The van der Waals surface area contributed by atoms with Crippen LogP contribution >= 0.6 is 27.7 Å². The van der Waals surface area contributed by atoms with Gasteiger partial charge in [-0.05, 0) is 45.9 Å². The Labute approximate surface area is 111 Å². The maximum Gasteiger partial charge on any atom is 0.192 e. The van der Waals surface area contributed by atoms with E-state index in [1.807, 2.05) is 12.1 Å². The molecule has 4 nitrogen and oxygen atoms in total. The summed E-state index contributed by atoms with van der Waals surface area (Å²) in [5.41, 5.74) is 6.11. The van der Waals surface area contributed by atoms with E-state index in [-0.39, 0.29) is 5.84 Å². The molecule has 1 aromatic heterocycles. The van der Waals surface area contributed by atoms with Crippen LogP contribution in [0.1, 0.15) is 5.56 Å². The van der Waals surface area contributed by atoms with Gasteiger partial charge in [0, 0.05) is 27.3 Å². The fourth-order valence-corrected chi connectivity index (χ4v) is 2.53. The second-order valence-electron chi connectivity index (χ2n) is 3.19. The van der Waals surface area contributed by atoms with Gasteiger partial charge in [-0.2, -0.15) is 0 Å². The molecule has 0 unspecified atom stereocenters. The second-order valence-corrected chi connectivity index (χ2v) is 5.06. The molecule has 0 aliphatic rings. The fourth-order valence-electron chi connectivity index (χ4n) is 1.19. The van der Waals surface area contributed by atoms with Gasteiger partial charge in [0.15, 0.2) is 5.16 Å². The first-order chi connectivity index (χ1) is 8.16. The molecule has 1 heterocycles. The van der Waals surface area contributed by atoms with Gasteiger partial charge in [-0.25, -0.2) is 9.97 Å². The molecule has 0 aliphatic heterocycles. The first-order valence-corrected chi connectivity index (χ1v) is 6.36. The lowest BCUT2D eigenvalue weighted by Gasteiger charge is -2.05. The lowest BCUT2D eigenvalue weighted by atomic mass is 10.2. The lowest BCUT2D eigenvalue weighted by Crippen LogP contribution is -2.10. The van der Waals surface area contributed by atoms with E-state index in [0.717, 1.165) is 9.37 Å². The average molecular weight is 309 g/mol. The molecular weight excluding hydrogens is 300 g/mol. The molecule has 0 radical (unpaired) electrons. The van der Waals surface area contributed by atoms with E-state index in [1.54, 1.807) is 24.5 Å². The zero-order valence-corrected chi connectivity index (χ0v) is 11.1. The van der Waals surface area contributed by atoms with Gasteiger partial charge in [-0.15, -0.1) is 0 Å². The highest BCUT2D eigenvalue weighted by molar-refractivity contribution is 9.10. The molecule has 0 saturated heterocycles. The minimum Gasteiger partial charge on any atom is -0.384 e. The molecule has 6 heteroatoms. The summed E-state index contributed by atoms with van der Waals surface area (Å²) in [7, 11) is 0. The van der Waals surface area contributed by atoms with Crippen LogP contribution in [0.15, 0.2) is 51.2 Å². The molecule has 0 fully saturated rings. The van der Waals surface area contributed by atoms with Crippen LogP contribution in [0.4, 0.5) is 0 Å².